The molecule has 0 spiro atoms. The van der Waals surface area contributed by atoms with Crippen LogP contribution in [-0.4, -0.2) is 26.4 Å². The van der Waals surface area contributed by atoms with Gasteiger partial charge >= 0.3 is 0 Å². The molecular weight excluding hydrogens is 376 g/mol. The number of fused-ring (bicyclic) bond motifs is 2. The van der Waals surface area contributed by atoms with Gasteiger partial charge in [-0.2, -0.15) is 0 Å². The number of imidazole rings is 1. The molecule has 0 aliphatic carbocycles. The first-order chi connectivity index (χ1) is 12.7. The predicted octanol–water partition coefficient (Wildman–Crippen LogP) is 4.06. The Morgan fingerprint density at radius 2 is 2.00 bits per heavy atom. The lowest BCUT2D eigenvalue weighted by Gasteiger charge is -1.97. The van der Waals surface area contributed by atoms with Gasteiger partial charge < -0.3 is 18.3 Å². The van der Waals surface area contributed by atoms with Crippen LogP contribution in [0.25, 0.3) is 17.1 Å². The van der Waals surface area contributed by atoms with Crippen molar-refractivity contribution in [1.29, 1.82) is 0 Å². The first kappa shape index (κ1) is 15.5. The Morgan fingerprint density at radius 3 is 2.96 bits per heavy atom. The highest BCUT2D eigenvalue weighted by Crippen LogP contribution is 2.36. The van der Waals surface area contributed by atoms with Crippen molar-refractivity contribution < 1.29 is 13.9 Å². The second kappa shape index (κ2) is 6.22. The highest BCUT2D eigenvalue weighted by Gasteiger charge is 2.17. The molecule has 5 rings (SSSR count). The van der Waals surface area contributed by atoms with E-state index in [1.165, 1.54) is 11.8 Å². The maximum atomic E-state index is 5.99. The Kier molecular flexibility index (Phi) is 3.72. The average Bonchev–Trinajstić information content (AvgIpc) is 3.37. The van der Waals surface area contributed by atoms with E-state index in [9.17, 15) is 0 Å². The molecule has 0 unspecified atom stereocenters. The Hall–Kier alpha value is -2.71. The van der Waals surface area contributed by atoms with Crippen molar-refractivity contribution in [1.82, 2.24) is 19.6 Å². The molecule has 130 valence electrons. The number of hydrogen-bond acceptors (Lipinski definition) is 7. The number of benzene rings is 1. The van der Waals surface area contributed by atoms with Crippen LogP contribution >= 0.6 is 23.4 Å². The van der Waals surface area contributed by atoms with Gasteiger partial charge in [-0.05, 0) is 30.3 Å². The fourth-order valence-electron chi connectivity index (χ4n) is 2.64. The van der Waals surface area contributed by atoms with Gasteiger partial charge in [0.2, 0.25) is 12.7 Å². The molecule has 0 fully saturated rings. The predicted molar refractivity (Wildman–Crippen MR) is 95.6 cm³/mol. The zero-order chi connectivity index (χ0) is 17.5. The van der Waals surface area contributed by atoms with Crippen LogP contribution in [0.1, 0.15) is 5.69 Å². The van der Waals surface area contributed by atoms with Crippen LogP contribution in [0.15, 0.2) is 52.4 Å². The fraction of sp³-hybridized carbons (Fsp3) is 0.118. The Bertz CT molecular complexity index is 1110. The van der Waals surface area contributed by atoms with Crippen LogP contribution in [0.3, 0.4) is 0 Å². The maximum absolute atomic E-state index is 5.99. The standard InChI is InChI=1S/C17H11ClN4O3S/c18-11-2-4-15-19-12(7-22(15)6-11)8-26-17-21-20-16(25-17)10-1-3-13-14(5-10)24-9-23-13/h1-7H,8-9H2. The van der Waals surface area contributed by atoms with Gasteiger partial charge in [0.05, 0.1) is 10.7 Å². The summed E-state index contributed by atoms with van der Waals surface area (Å²) in [5.74, 6) is 2.45. The third-order valence-corrected chi connectivity index (χ3v) is 4.91. The van der Waals surface area contributed by atoms with Crippen molar-refractivity contribution in [2.75, 3.05) is 6.79 Å². The zero-order valence-electron chi connectivity index (χ0n) is 13.3. The van der Waals surface area contributed by atoms with Crippen LogP contribution in [-0.2, 0) is 5.75 Å². The highest BCUT2D eigenvalue weighted by molar-refractivity contribution is 7.98. The second-order valence-corrected chi connectivity index (χ2v) is 6.94. The van der Waals surface area contributed by atoms with Crippen molar-refractivity contribution >= 4 is 29.0 Å². The summed E-state index contributed by atoms with van der Waals surface area (Å²) in [5.41, 5.74) is 2.53. The number of hydrogen-bond donors (Lipinski definition) is 0. The smallest absolute Gasteiger partial charge is 0.277 e. The topological polar surface area (TPSA) is 74.7 Å². The third-order valence-electron chi connectivity index (χ3n) is 3.83. The first-order valence-electron chi connectivity index (χ1n) is 7.74. The molecule has 0 radical (unpaired) electrons. The molecule has 1 aromatic carbocycles. The molecule has 0 saturated carbocycles. The molecule has 0 amide bonds. The number of thioether (sulfide) groups is 1. The van der Waals surface area contributed by atoms with Gasteiger partial charge in [-0.15, -0.1) is 10.2 Å². The number of ether oxygens (including phenoxy) is 2. The van der Waals surface area contributed by atoms with E-state index in [1.807, 2.05) is 47.1 Å². The summed E-state index contributed by atoms with van der Waals surface area (Å²) < 4.78 is 18.3. The molecule has 0 N–H and O–H groups in total. The fourth-order valence-corrected chi connectivity index (χ4v) is 3.45. The lowest BCUT2D eigenvalue weighted by atomic mass is 10.2. The Morgan fingerprint density at radius 1 is 1.08 bits per heavy atom. The summed E-state index contributed by atoms with van der Waals surface area (Å²) >= 11 is 7.42. The van der Waals surface area contributed by atoms with Crippen molar-refractivity contribution in [3.05, 3.63) is 53.4 Å². The quantitative estimate of drug-likeness (QED) is 0.489. The molecule has 26 heavy (non-hydrogen) atoms. The molecule has 7 nitrogen and oxygen atoms in total. The summed E-state index contributed by atoms with van der Waals surface area (Å²) in [5, 5.41) is 9.33. The minimum Gasteiger partial charge on any atom is -0.454 e. The molecule has 0 atom stereocenters. The molecule has 4 aromatic rings. The summed E-state index contributed by atoms with van der Waals surface area (Å²) in [4.78, 5) is 4.54. The largest absolute Gasteiger partial charge is 0.454 e. The average molecular weight is 387 g/mol. The normalized spacial score (nSPS) is 12.8. The van der Waals surface area contributed by atoms with Crippen LogP contribution in [0.2, 0.25) is 5.02 Å². The van der Waals surface area contributed by atoms with E-state index in [2.05, 4.69) is 15.2 Å². The monoisotopic (exact) mass is 386 g/mol. The van der Waals surface area contributed by atoms with Gasteiger partial charge in [0.25, 0.3) is 5.22 Å². The molecule has 0 saturated heterocycles. The van der Waals surface area contributed by atoms with Gasteiger partial charge in [-0.1, -0.05) is 23.4 Å². The Balaban J connectivity index is 1.32. The Labute approximate surface area is 156 Å². The van der Waals surface area contributed by atoms with Gasteiger partial charge in [0.15, 0.2) is 11.5 Å². The van der Waals surface area contributed by atoms with E-state index >= 15 is 0 Å². The molecular formula is C17H11ClN4O3S. The van der Waals surface area contributed by atoms with Gasteiger partial charge in [0.1, 0.15) is 5.65 Å². The van der Waals surface area contributed by atoms with Crippen LogP contribution in [0.5, 0.6) is 11.5 Å². The minimum atomic E-state index is 0.230. The maximum Gasteiger partial charge on any atom is 0.277 e. The number of halogens is 1. The zero-order valence-corrected chi connectivity index (χ0v) is 14.8. The molecule has 1 aliphatic rings. The van der Waals surface area contributed by atoms with Crippen LogP contribution < -0.4 is 9.47 Å². The minimum absolute atomic E-state index is 0.230. The number of pyridine rings is 1. The molecule has 4 heterocycles. The van der Waals surface area contributed by atoms with E-state index in [-0.39, 0.29) is 6.79 Å². The second-order valence-electron chi connectivity index (χ2n) is 5.57. The third kappa shape index (κ3) is 2.87. The van der Waals surface area contributed by atoms with E-state index < -0.39 is 0 Å². The number of aromatic nitrogens is 4. The van der Waals surface area contributed by atoms with E-state index in [0.29, 0.717) is 27.6 Å². The van der Waals surface area contributed by atoms with Crippen molar-refractivity contribution in [3.63, 3.8) is 0 Å². The van der Waals surface area contributed by atoms with E-state index in [4.69, 9.17) is 25.5 Å². The summed E-state index contributed by atoms with van der Waals surface area (Å²) in [6.45, 7) is 0.230. The van der Waals surface area contributed by atoms with E-state index in [1.54, 1.807) is 0 Å². The molecule has 1 aliphatic heterocycles. The summed E-state index contributed by atoms with van der Waals surface area (Å²) in [6.07, 6.45) is 3.76. The van der Waals surface area contributed by atoms with Gasteiger partial charge in [0, 0.05) is 23.7 Å². The van der Waals surface area contributed by atoms with Crippen molar-refractivity contribution in [2.45, 2.75) is 11.0 Å². The lowest BCUT2D eigenvalue weighted by molar-refractivity contribution is 0.174. The SMILES string of the molecule is Clc1ccc2nc(CSc3nnc(-c4ccc5c(c4)OCO5)o3)cn2c1. The number of nitrogens with zero attached hydrogens (tertiary/aromatic N) is 4. The molecule has 9 heteroatoms. The van der Waals surface area contributed by atoms with Crippen LogP contribution in [0.4, 0.5) is 0 Å². The molecule has 3 aromatic heterocycles. The lowest BCUT2D eigenvalue weighted by Crippen LogP contribution is -1.92. The van der Waals surface area contributed by atoms with Gasteiger partial charge in [-0.25, -0.2) is 4.98 Å². The molecule has 0 bridgehead atoms. The van der Waals surface area contributed by atoms with Gasteiger partial charge in [-0.3, -0.25) is 0 Å². The van der Waals surface area contributed by atoms with Crippen molar-refractivity contribution in [3.8, 4) is 23.0 Å². The van der Waals surface area contributed by atoms with Crippen LogP contribution in [0, 0.1) is 0 Å². The van der Waals surface area contributed by atoms with Crippen molar-refractivity contribution in [2.24, 2.45) is 0 Å². The summed E-state index contributed by atoms with van der Waals surface area (Å²) in [7, 11) is 0. The first-order valence-corrected chi connectivity index (χ1v) is 9.10. The number of rotatable bonds is 4. The van der Waals surface area contributed by atoms with E-state index in [0.717, 1.165) is 22.7 Å². The summed E-state index contributed by atoms with van der Waals surface area (Å²) in [6, 6.07) is 9.21. The highest BCUT2D eigenvalue weighted by atomic mass is 35.5.